The largest absolute Gasteiger partial charge is 0.490 e. The molecule has 0 aliphatic heterocycles. The molecule has 0 bridgehead atoms. The number of benzene rings is 2. The van der Waals surface area contributed by atoms with Gasteiger partial charge in [0.05, 0.1) is 6.10 Å². The summed E-state index contributed by atoms with van der Waals surface area (Å²) in [4.78, 5) is 12.4. The number of halogens is 2. The highest BCUT2D eigenvalue weighted by molar-refractivity contribution is 9.10. The molecule has 0 aliphatic carbocycles. The van der Waals surface area contributed by atoms with E-state index in [1.807, 2.05) is 26.0 Å². The van der Waals surface area contributed by atoms with E-state index in [0.717, 1.165) is 4.47 Å². The number of nitrogens with one attached hydrogen (secondary N) is 1. The standard InChI is InChI=1S/C19H16BrClN2O2/c1-12(2)25-18-8-3-15(20)10-13(18)9-14(11-22)19(24)23-17-6-4-16(21)5-7-17/h3-10,12H,1-2H3,(H,23,24)/b14-9+. The molecule has 2 aromatic carbocycles. The Balaban J connectivity index is 2.30. The number of hydrogen-bond donors (Lipinski definition) is 1. The number of carbonyl (C=O) groups is 1. The van der Waals surface area contributed by atoms with Crippen molar-refractivity contribution in [2.45, 2.75) is 20.0 Å². The molecule has 0 heterocycles. The number of carbonyl (C=O) groups excluding carboxylic acids is 1. The van der Waals surface area contributed by atoms with Gasteiger partial charge >= 0.3 is 0 Å². The van der Waals surface area contributed by atoms with E-state index in [4.69, 9.17) is 16.3 Å². The van der Waals surface area contributed by atoms with Gasteiger partial charge in [0.1, 0.15) is 17.4 Å². The minimum atomic E-state index is -0.500. The summed E-state index contributed by atoms with van der Waals surface area (Å²) in [6.45, 7) is 3.82. The molecule has 1 amide bonds. The lowest BCUT2D eigenvalue weighted by atomic mass is 10.1. The Labute approximate surface area is 160 Å². The maximum atomic E-state index is 12.4. The molecule has 0 atom stereocenters. The zero-order valence-corrected chi connectivity index (χ0v) is 16.1. The van der Waals surface area contributed by atoms with Gasteiger partial charge < -0.3 is 10.1 Å². The minimum absolute atomic E-state index is 0.0262. The smallest absolute Gasteiger partial charge is 0.266 e. The predicted octanol–water partition coefficient (Wildman–Crippen LogP) is 5.44. The first kappa shape index (κ1) is 19.0. The highest BCUT2D eigenvalue weighted by Gasteiger charge is 2.12. The molecule has 0 saturated heterocycles. The van der Waals surface area contributed by atoms with Crippen LogP contribution in [0.1, 0.15) is 19.4 Å². The number of nitrogens with zero attached hydrogens (tertiary/aromatic N) is 1. The molecule has 25 heavy (non-hydrogen) atoms. The Morgan fingerprint density at radius 1 is 1.28 bits per heavy atom. The Bertz CT molecular complexity index is 839. The van der Waals surface area contributed by atoms with Crippen molar-refractivity contribution in [3.05, 3.63) is 63.1 Å². The van der Waals surface area contributed by atoms with Crippen LogP contribution < -0.4 is 10.1 Å². The van der Waals surface area contributed by atoms with Crippen LogP contribution in [-0.2, 0) is 4.79 Å². The van der Waals surface area contributed by atoms with Crippen LogP contribution in [0.25, 0.3) is 6.08 Å². The van der Waals surface area contributed by atoms with Crippen molar-refractivity contribution in [2.24, 2.45) is 0 Å². The summed E-state index contributed by atoms with van der Waals surface area (Å²) in [5.74, 6) is 0.102. The number of anilines is 1. The van der Waals surface area contributed by atoms with E-state index in [1.165, 1.54) is 6.08 Å². The van der Waals surface area contributed by atoms with E-state index in [2.05, 4.69) is 21.2 Å². The SMILES string of the molecule is CC(C)Oc1ccc(Br)cc1/C=C(\C#N)C(=O)Nc1ccc(Cl)cc1. The molecular formula is C19H16BrClN2O2. The van der Waals surface area contributed by atoms with Crippen molar-refractivity contribution in [1.29, 1.82) is 5.26 Å². The minimum Gasteiger partial charge on any atom is -0.490 e. The van der Waals surface area contributed by atoms with Gasteiger partial charge in [-0.1, -0.05) is 27.5 Å². The van der Waals surface area contributed by atoms with E-state index >= 15 is 0 Å². The van der Waals surface area contributed by atoms with Crippen molar-refractivity contribution in [3.63, 3.8) is 0 Å². The fourth-order valence-electron chi connectivity index (χ4n) is 2.03. The maximum absolute atomic E-state index is 12.4. The van der Waals surface area contributed by atoms with Gasteiger partial charge in [-0.3, -0.25) is 4.79 Å². The fourth-order valence-corrected chi connectivity index (χ4v) is 2.53. The van der Waals surface area contributed by atoms with Crippen molar-refractivity contribution in [2.75, 3.05) is 5.32 Å². The van der Waals surface area contributed by atoms with Crippen LogP contribution in [-0.4, -0.2) is 12.0 Å². The van der Waals surface area contributed by atoms with E-state index in [0.29, 0.717) is 22.0 Å². The van der Waals surface area contributed by atoms with Gasteiger partial charge in [-0.15, -0.1) is 0 Å². The number of amides is 1. The molecule has 1 N–H and O–H groups in total. The summed E-state index contributed by atoms with van der Waals surface area (Å²) in [7, 11) is 0. The Morgan fingerprint density at radius 2 is 1.96 bits per heavy atom. The zero-order valence-electron chi connectivity index (χ0n) is 13.7. The van der Waals surface area contributed by atoms with Crippen LogP contribution in [0.2, 0.25) is 5.02 Å². The second-order valence-electron chi connectivity index (χ2n) is 5.48. The third-order valence-electron chi connectivity index (χ3n) is 3.10. The summed E-state index contributed by atoms with van der Waals surface area (Å²) >= 11 is 9.22. The summed E-state index contributed by atoms with van der Waals surface area (Å²) in [6.07, 6.45) is 1.48. The van der Waals surface area contributed by atoms with E-state index < -0.39 is 5.91 Å². The summed E-state index contributed by atoms with van der Waals surface area (Å²) in [5.41, 5.74) is 1.18. The topological polar surface area (TPSA) is 62.1 Å². The number of nitriles is 1. The Hall–Kier alpha value is -2.29. The second-order valence-corrected chi connectivity index (χ2v) is 6.83. The Kier molecular flexibility index (Phi) is 6.63. The summed E-state index contributed by atoms with van der Waals surface area (Å²) in [5, 5.41) is 12.6. The van der Waals surface area contributed by atoms with Crippen LogP contribution in [0.15, 0.2) is 52.5 Å². The highest BCUT2D eigenvalue weighted by atomic mass is 79.9. The average Bonchev–Trinajstić information content (AvgIpc) is 2.56. The normalized spacial score (nSPS) is 11.1. The van der Waals surface area contributed by atoms with Crippen molar-refractivity contribution in [1.82, 2.24) is 0 Å². The van der Waals surface area contributed by atoms with Crippen molar-refractivity contribution in [3.8, 4) is 11.8 Å². The van der Waals surface area contributed by atoms with Gasteiger partial charge in [0, 0.05) is 20.7 Å². The Morgan fingerprint density at radius 3 is 2.56 bits per heavy atom. The van der Waals surface area contributed by atoms with Crippen molar-refractivity contribution >= 4 is 45.2 Å². The van der Waals surface area contributed by atoms with E-state index in [-0.39, 0.29) is 11.7 Å². The fraction of sp³-hybridized carbons (Fsp3) is 0.158. The van der Waals surface area contributed by atoms with Gasteiger partial charge in [-0.25, -0.2) is 0 Å². The van der Waals surface area contributed by atoms with E-state index in [9.17, 15) is 10.1 Å². The second kappa shape index (κ2) is 8.70. The lowest BCUT2D eigenvalue weighted by Crippen LogP contribution is -2.13. The molecule has 128 valence electrons. The molecule has 0 unspecified atom stereocenters. The van der Waals surface area contributed by atoms with Gasteiger partial charge in [0.2, 0.25) is 0 Å². The third-order valence-corrected chi connectivity index (χ3v) is 3.85. The van der Waals surface area contributed by atoms with Crippen LogP contribution in [0.3, 0.4) is 0 Å². The first-order valence-corrected chi connectivity index (χ1v) is 8.71. The number of rotatable bonds is 5. The summed E-state index contributed by atoms with van der Waals surface area (Å²) in [6, 6.07) is 14.0. The first-order chi connectivity index (χ1) is 11.9. The zero-order chi connectivity index (χ0) is 18.4. The van der Waals surface area contributed by atoms with Gasteiger partial charge in [0.15, 0.2) is 0 Å². The molecule has 6 heteroatoms. The van der Waals surface area contributed by atoms with Gasteiger partial charge in [-0.05, 0) is 62.4 Å². The lowest BCUT2D eigenvalue weighted by Gasteiger charge is -2.13. The van der Waals surface area contributed by atoms with Crippen LogP contribution >= 0.6 is 27.5 Å². The third kappa shape index (κ3) is 5.63. The molecular weight excluding hydrogens is 404 g/mol. The lowest BCUT2D eigenvalue weighted by molar-refractivity contribution is -0.112. The monoisotopic (exact) mass is 418 g/mol. The van der Waals surface area contributed by atoms with Crippen LogP contribution in [0, 0.1) is 11.3 Å². The molecule has 0 spiro atoms. The number of ether oxygens (including phenoxy) is 1. The van der Waals surface area contributed by atoms with E-state index in [1.54, 1.807) is 36.4 Å². The predicted molar refractivity (Wildman–Crippen MR) is 104 cm³/mol. The molecule has 2 aromatic rings. The molecule has 0 fully saturated rings. The average molecular weight is 420 g/mol. The summed E-state index contributed by atoms with van der Waals surface area (Å²) < 4.78 is 6.56. The van der Waals surface area contributed by atoms with Gasteiger partial charge in [0.25, 0.3) is 5.91 Å². The molecule has 0 saturated carbocycles. The maximum Gasteiger partial charge on any atom is 0.266 e. The number of hydrogen-bond acceptors (Lipinski definition) is 3. The van der Waals surface area contributed by atoms with Crippen molar-refractivity contribution < 1.29 is 9.53 Å². The van der Waals surface area contributed by atoms with Crippen LogP contribution in [0.4, 0.5) is 5.69 Å². The molecule has 0 radical (unpaired) electrons. The first-order valence-electron chi connectivity index (χ1n) is 7.54. The molecule has 2 rings (SSSR count). The molecule has 0 aliphatic rings. The molecule has 0 aromatic heterocycles. The van der Waals surface area contributed by atoms with Gasteiger partial charge in [-0.2, -0.15) is 5.26 Å². The molecule has 4 nitrogen and oxygen atoms in total. The quantitative estimate of drug-likeness (QED) is 0.519. The van der Waals surface area contributed by atoms with Crippen LogP contribution in [0.5, 0.6) is 5.75 Å². The highest BCUT2D eigenvalue weighted by Crippen LogP contribution is 2.27.